The maximum absolute atomic E-state index is 12.8. The number of halogens is 1. The summed E-state index contributed by atoms with van der Waals surface area (Å²) in [6, 6.07) is 3.85. The van der Waals surface area contributed by atoms with Crippen LogP contribution in [0, 0.1) is 0 Å². The Morgan fingerprint density at radius 3 is 2.97 bits per heavy atom. The van der Waals surface area contributed by atoms with Crippen LogP contribution in [0.5, 0.6) is 0 Å². The number of ether oxygens (including phenoxy) is 1. The van der Waals surface area contributed by atoms with Gasteiger partial charge in [0.25, 0.3) is 0 Å². The van der Waals surface area contributed by atoms with E-state index in [2.05, 4.69) is 10.4 Å². The summed E-state index contributed by atoms with van der Waals surface area (Å²) in [5.74, 6) is 1.72. The molecule has 4 heterocycles. The molecule has 0 radical (unpaired) electrons. The van der Waals surface area contributed by atoms with Gasteiger partial charge in [0.15, 0.2) is 5.96 Å². The lowest BCUT2D eigenvalue weighted by atomic mass is 10.2. The van der Waals surface area contributed by atoms with Gasteiger partial charge in [-0.3, -0.25) is 14.5 Å². The van der Waals surface area contributed by atoms with Gasteiger partial charge in [-0.2, -0.15) is 5.10 Å². The van der Waals surface area contributed by atoms with Crippen molar-refractivity contribution in [3.63, 3.8) is 0 Å². The van der Waals surface area contributed by atoms with E-state index in [1.54, 1.807) is 22.0 Å². The van der Waals surface area contributed by atoms with Gasteiger partial charge in [-0.1, -0.05) is 0 Å². The van der Waals surface area contributed by atoms with E-state index < -0.39 is 0 Å². The molecule has 0 aliphatic carbocycles. The van der Waals surface area contributed by atoms with E-state index in [0.717, 1.165) is 43.3 Å². The third-order valence-corrected chi connectivity index (χ3v) is 5.23. The second-order valence-corrected chi connectivity index (χ2v) is 7.39. The van der Waals surface area contributed by atoms with Crippen LogP contribution >= 0.6 is 24.0 Å². The van der Waals surface area contributed by atoms with Crippen molar-refractivity contribution in [3.8, 4) is 0 Å². The molecule has 1 N–H and O–H groups in total. The fraction of sp³-hybridized carbons (Fsp3) is 0.550. The topological polar surface area (TPSA) is 88.1 Å². The Hall–Kier alpha value is -2.08. The number of hydrogen-bond acceptors (Lipinski definition) is 5. The summed E-state index contributed by atoms with van der Waals surface area (Å²) in [6.45, 7) is 3.70. The summed E-state index contributed by atoms with van der Waals surface area (Å²) < 4.78 is 12.8. The van der Waals surface area contributed by atoms with Crippen LogP contribution in [0.4, 0.5) is 5.69 Å². The highest BCUT2D eigenvalue weighted by Crippen LogP contribution is 2.17. The van der Waals surface area contributed by atoms with Crippen LogP contribution < -0.4 is 10.2 Å². The van der Waals surface area contributed by atoms with E-state index in [9.17, 15) is 4.79 Å². The minimum Gasteiger partial charge on any atom is -0.469 e. The van der Waals surface area contributed by atoms with E-state index in [1.807, 2.05) is 30.3 Å². The molecular formula is C20H29IN6O3. The van der Waals surface area contributed by atoms with E-state index in [0.29, 0.717) is 26.2 Å². The number of anilines is 1. The number of furan rings is 1. The van der Waals surface area contributed by atoms with Gasteiger partial charge in [0.2, 0.25) is 5.91 Å². The van der Waals surface area contributed by atoms with Crippen LogP contribution in [-0.2, 0) is 23.0 Å². The summed E-state index contributed by atoms with van der Waals surface area (Å²) in [5.41, 5.74) is 0.834. The van der Waals surface area contributed by atoms with Crippen LogP contribution in [0.1, 0.15) is 18.6 Å². The molecule has 2 fully saturated rings. The highest BCUT2D eigenvalue weighted by Gasteiger charge is 2.28. The number of rotatable bonds is 6. The average molecular weight is 528 g/mol. The van der Waals surface area contributed by atoms with Crippen molar-refractivity contribution >= 4 is 41.5 Å². The largest absolute Gasteiger partial charge is 0.469 e. The lowest BCUT2D eigenvalue weighted by Crippen LogP contribution is -2.55. The van der Waals surface area contributed by atoms with Crippen molar-refractivity contribution < 1.29 is 13.9 Å². The van der Waals surface area contributed by atoms with Crippen LogP contribution in [-0.4, -0.2) is 72.0 Å². The van der Waals surface area contributed by atoms with Gasteiger partial charge in [0, 0.05) is 45.9 Å². The van der Waals surface area contributed by atoms with Crippen LogP contribution in [0.15, 0.2) is 40.2 Å². The number of guanidine groups is 1. The number of carbonyl (C=O) groups excluding carboxylic acids is 1. The molecular weight excluding hydrogens is 499 g/mol. The zero-order valence-corrected chi connectivity index (χ0v) is 19.5. The van der Waals surface area contributed by atoms with Crippen molar-refractivity contribution in [2.75, 3.05) is 44.2 Å². The lowest BCUT2D eigenvalue weighted by molar-refractivity contribution is -0.120. The molecule has 1 amide bonds. The van der Waals surface area contributed by atoms with Gasteiger partial charge >= 0.3 is 0 Å². The second kappa shape index (κ2) is 10.8. The van der Waals surface area contributed by atoms with Gasteiger partial charge < -0.3 is 24.3 Å². The van der Waals surface area contributed by atoms with Gasteiger partial charge in [0.1, 0.15) is 12.3 Å². The van der Waals surface area contributed by atoms with Gasteiger partial charge in [-0.15, -0.1) is 24.0 Å². The molecule has 164 valence electrons. The Morgan fingerprint density at radius 1 is 1.40 bits per heavy atom. The number of carbonyl (C=O) groups is 1. The molecule has 0 saturated carbocycles. The first-order valence-electron chi connectivity index (χ1n) is 10.2. The molecule has 2 aromatic rings. The molecule has 10 heteroatoms. The molecule has 2 aromatic heterocycles. The number of aryl methyl sites for hydroxylation is 1. The number of amides is 1. The molecule has 4 rings (SSSR count). The smallest absolute Gasteiger partial charge is 0.246 e. The molecule has 2 aliphatic heterocycles. The first-order chi connectivity index (χ1) is 14.2. The summed E-state index contributed by atoms with van der Waals surface area (Å²) in [7, 11) is 1.85. The number of nitrogens with zero attached hydrogens (tertiary/aromatic N) is 5. The van der Waals surface area contributed by atoms with Crippen LogP contribution in [0.2, 0.25) is 0 Å². The maximum Gasteiger partial charge on any atom is 0.246 e. The molecule has 0 bridgehead atoms. The quantitative estimate of drug-likeness (QED) is 0.349. The number of aromatic nitrogens is 2. The average Bonchev–Trinajstić information content (AvgIpc) is 3.47. The van der Waals surface area contributed by atoms with Crippen LogP contribution in [0.25, 0.3) is 0 Å². The lowest BCUT2D eigenvalue weighted by Gasteiger charge is -2.35. The Morgan fingerprint density at radius 2 is 2.30 bits per heavy atom. The molecule has 30 heavy (non-hydrogen) atoms. The Kier molecular flexibility index (Phi) is 8.14. The van der Waals surface area contributed by atoms with Crippen molar-refractivity contribution in [2.45, 2.75) is 25.4 Å². The first-order valence-corrected chi connectivity index (χ1v) is 10.2. The fourth-order valence-electron chi connectivity index (χ4n) is 3.67. The Bertz CT molecular complexity index is 831. The van der Waals surface area contributed by atoms with Gasteiger partial charge in [0.05, 0.1) is 30.8 Å². The third kappa shape index (κ3) is 5.75. The van der Waals surface area contributed by atoms with Crippen molar-refractivity contribution in [1.82, 2.24) is 20.0 Å². The second-order valence-electron chi connectivity index (χ2n) is 7.39. The SMILES string of the molecule is Cn1cc(N2CCN(C(=NCC3CCCO3)NCCc3ccco3)CC2=O)cn1.I. The molecule has 2 saturated heterocycles. The summed E-state index contributed by atoms with van der Waals surface area (Å²) in [4.78, 5) is 21.3. The normalized spacial score (nSPS) is 19.8. The monoisotopic (exact) mass is 528 g/mol. The third-order valence-electron chi connectivity index (χ3n) is 5.23. The highest BCUT2D eigenvalue weighted by molar-refractivity contribution is 14.0. The predicted molar refractivity (Wildman–Crippen MR) is 124 cm³/mol. The molecule has 0 spiro atoms. The van der Waals surface area contributed by atoms with Crippen LogP contribution in [0.3, 0.4) is 0 Å². The number of piperazine rings is 1. The first kappa shape index (κ1) is 22.6. The van der Waals surface area contributed by atoms with Crippen molar-refractivity contribution in [2.24, 2.45) is 12.0 Å². The minimum atomic E-state index is 0. The van der Waals surface area contributed by atoms with Crippen molar-refractivity contribution in [1.29, 1.82) is 0 Å². The summed E-state index contributed by atoms with van der Waals surface area (Å²) in [5, 5.41) is 7.57. The minimum absolute atomic E-state index is 0. The Labute approximate surface area is 193 Å². The number of hydrogen-bond donors (Lipinski definition) is 1. The zero-order chi connectivity index (χ0) is 20.1. The van der Waals surface area contributed by atoms with E-state index in [4.69, 9.17) is 14.1 Å². The summed E-state index contributed by atoms with van der Waals surface area (Å²) in [6.07, 6.45) is 8.32. The standard InChI is InChI=1S/C20H28N6O3.HI/c1-24-14-16(12-23-24)26-9-8-25(15-19(26)27)20(22-13-18-5-3-11-29-18)21-7-6-17-4-2-10-28-17;/h2,4,10,12,14,18H,3,5-9,11,13,15H2,1H3,(H,21,22);1H. The highest BCUT2D eigenvalue weighted by atomic mass is 127. The molecule has 0 aromatic carbocycles. The summed E-state index contributed by atoms with van der Waals surface area (Å²) >= 11 is 0. The van der Waals surface area contributed by atoms with Gasteiger partial charge in [-0.05, 0) is 25.0 Å². The Balaban J connectivity index is 0.00000256. The van der Waals surface area contributed by atoms with E-state index in [-0.39, 0.29) is 42.5 Å². The molecule has 1 atom stereocenters. The predicted octanol–water partition coefficient (Wildman–Crippen LogP) is 1.65. The fourth-order valence-corrected chi connectivity index (χ4v) is 3.67. The van der Waals surface area contributed by atoms with Crippen molar-refractivity contribution in [3.05, 3.63) is 36.5 Å². The maximum atomic E-state index is 12.8. The number of nitrogens with one attached hydrogen (secondary N) is 1. The van der Waals surface area contributed by atoms with E-state index in [1.165, 1.54) is 0 Å². The molecule has 1 unspecified atom stereocenters. The van der Waals surface area contributed by atoms with Gasteiger partial charge in [-0.25, -0.2) is 0 Å². The zero-order valence-electron chi connectivity index (χ0n) is 17.2. The number of aliphatic imine (C=N–C) groups is 1. The van der Waals surface area contributed by atoms with E-state index >= 15 is 0 Å². The molecule has 9 nitrogen and oxygen atoms in total. The molecule has 2 aliphatic rings.